The summed E-state index contributed by atoms with van der Waals surface area (Å²) in [5.74, 6) is 1.19. The lowest BCUT2D eigenvalue weighted by Crippen LogP contribution is -2.35. The zero-order valence-electron chi connectivity index (χ0n) is 17.3. The smallest absolute Gasteiger partial charge is 0.323 e. The van der Waals surface area contributed by atoms with Crippen molar-refractivity contribution >= 4 is 34.6 Å². The van der Waals surface area contributed by atoms with Gasteiger partial charge in [-0.25, -0.2) is 4.79 Å². The fourth-order valence-electron chi connectivity index (χ4n) is 3.55. The molecular weight excluding hydrogens is 414 g/mol. The first-order valence-electron chi connectivity index (χ1n) is 9.82. The summed E-state index contributed by atoms with van der Waals surface area (Å²) < 4.78 is 10.5. The lowest BCUT2D eigenvalue weighted by atomic mass is 9.99. The number of nitrogens with zero attached hydrogens (tertiary/aromatic N) is 1. The SMILES string of the molecule is COc1ccc(NC(=O)Nc2ccc3c(c2)CN(C(=O)c2cccs2)CC3)c(OC)c1. The molecule has 0 bridgehead atoms. The largest absolute Gasteiger partial charge is 0.497 e. The van der Waals surface area contributed by atoms with E-state index in [1.54, 1.807) is 25.3 Å². The van der Waals surface area contributed by atoms with Gasteiger partial charge in [-0.1, -0.05) is 12.1 Å². The van der Waals surface area contributed by atoms with E-state index in [2.05, 4.69) is 10.6 Å². The van der Waals surface area contributed by atoms with Gasteiger partial charge in [0.05, 0.1) is 24.8 Å². The molecule has 4 rings (SSSR count). The van der Waals surface area contributed by atoms with E-state index in [0.717, 1.165) is 16.9 Å². The molecule has 2 heterocycles. The molecule has 1 aliphatic heterocycles. The highest BCUT2D eigenvalue weighted by Crippen LogP contribution is 2.29. The Morgan fingerprint density at radius 1 is 1.00 bits per heavy atom. The Hall–Kier alpha value is -3.52. The molecule has 8 heteroatoms. The molecule has 160 valence electrons. The number of nitrogens with one attached hydrogen (secondary N) is 2. The average molecular weight is 438 g/mol. The van der Waals surface area contributed by atoms with Gasteiger partial charge >= 0.3 is 6.03 Å². The maximum Gasteiger partial charge on any atom is 0.323 e. The minimum absolute atomic E-state index is 0.0448. The van der Waals surface area contributed by atoms with Gasteiger partial charge in [0.15, 0.2) is 0 Å². The topological polar surface area (TPSA) is 79.9 Å². The standard InChI is InChI=1S/C23H23N3O4S/c1-29-18-7-8-19(20(13-18)30-2)25-23(28)24-17-6-5-15-9-10-26(14-16(15)12-17)22(27)21-4-3-11-31-21/h3-8,11-13H,9-10,14H2,1-2H3,(H2,24,25,28). The molecule has 3 amide bonds. The zero-order valence-corrected chi connectivity index (χ0v) is 18.1. The molecule has 0 unspecified atom stereocenters. The van der Waals surface area contributed by atoms with Crippen molar-refractivity contribution in [3.63, 3.8) is 0 Å². The normalized spacial score (nSPS) is 12.6. The molecule has 7 nitrogen and oxygen atoms in total. The third-order valence-electron chi connectivity index (χ3n) is 5.15. The molecular formula is C23H23N3O4S. The summed E-state index contributed by atoms with van der Waals surface area (Å²) in [7, 11) is 3.10. The lowest BCUT2D eigenvalue weighted by Gasteiger charge is -2.29. The summed E-state index contributed by atoms with van der Waals surface area (Å²) in [5.41, 5.74) is 3.43. The number of anilines is 2. The van der Waals surface area contributed by atoms with E-state index in [1.165, 1.54) is 24.0 Å². The van der Waals surface area contributed by atoms with Crippen LogP contribution in [0.25, 0.3) is 0 Å². The van der Waals surface area contributed by atoms with Crippen LogP contribution in [0.5, 0.6) is 11.5 Å². The second-order valence-electron chi connectivity index (χ2n) is 7.08. The van der Waals surface area contributed by atoms with Crippen LogP contribution in [-0.4, -0.2) is 37.6 Å². The first-order valence-corrected chi connectivity index (χ1v) is 10.7. The van der Waals surface area contributed by atoms with Crippen LogP contribution >= 0.6 is 11.3 Å². The van der Waals surface area contributed by atoms with Gasteiger partial charge in [-0.2, -0.15) is 0 Å². The summed E-state index contributed by atoms with van der Waals surface area (Å²) in [5, 5.41) is 7.55. The number of hydrogen-bond donors (Lipinski definition) is 2. The van der Waals surface area contributed by atoms with Crippen LogP contribution < -0.4 is 20.1 Å². The van der Waals surface area contributed by atoms with Gasteiger partial charge in [0.25, 0.3) is 5.91 Å². The van der Waals surface area contributed by atoms with Crippen molar-refractivity contribution in [2.45, 2.75) is 13.0 Å². The number of fused-ring (bicyclic) bond motifs is 1. The summed E-state index contributed by atoms with van der Waals surface area (Å²) in [6, 6.07) is 14.3. The first kappa shape index (κ1) is 20.7. The van der Waals surface area contributed by atoms with E-state index in [1.807, 2.05) is 40.6 Å². The minimum Gasteiger partial charge on any atom is -0.497 e. The van der Waals surface area contributed by atoms with Crippen molar-refractivity contribution in [2.24, 2.45) is 0 Å². The molecule has 1 aliphatic rings. The molecule has 0 saturated carbocycles. The van der Waals surface area contributed by atoms with Crippen LogP contribution in [0.15, 0.2) is 53.9 Å². The van der Waals surface area contributed by atoms with Crippen LogP contribution in [0.3, 0.4) is 0 Å². The highest BCUT2D eigenvalue weighted by Gasteiger charge is 2.22. The van der Waals surface area contributed by atoms with E-state index < -0.39 is 0 Å². The van der Waals surface area contributed by atoms with Crippen molar-refractivity contribution in [3.05, 3.63) is 69.9 Å². The zero-order chi connectivity index (χ0) is 21.8. The fraction of sp³-hybridized carbons (Fsp3) is 0.217. The molecule has 0 radical (unpaired) electrons. The van der Waals surface area contributed by atoms with E-state index in [4.69, 9.17) is 9.47 Å². The Kier molecular flexibility index (Phi) is 6.08. The predicted molar refractivity (Wildman–Crippen MR) is 121 cm³/mol. The van der Waals surface area contributed by atoms with Crippen LogP contribution in [0.4, 0.5) is 16.2 Å². The number of benzene rings is 2. The number of urea groups is 1. The van der Waals surface area contributed by atoms with Crippen molar-refractivity contribution in [2.75, 3.05) is 31.4 Å². The molecule has 31 heavy (non-hydrogen) atoms. The van der Waals surface area contributed by atoms with Gasteiger partial charge in [-0.3, -0.25) is 4.79 Å². The number of hydrogen-bond acceptors (Lipinski definition) is 5. The number of ether oxygens (including phenoxy) is 2. The lowest BCUT2D eigenvalue weighted by molar-refractivity contribution is 0.0739. The monoisotopic (exact) mass is 437 g/mol. The molecule has 3 aromatic rings. The van der Waals surface area contributed by atoms with Crippen LogP contribution in [0.1, 0.15) is 20.8 Å². The maximum absolute atomic E-state index is 12.7. The van der Waals surface area contributed by atoms with E-state index in [-0.39, 0.29) is 11.9 Å². The van der Waals surface area contributed by atoms with E-state index in [0.29, 0.717) is 36.0 Å². The van der Waals surface area contributed by atoms with Gasteiger partial charge in [0.2, 0.25) is 0 Å². The number of thiophene rings is 1. The Morgan fingerprint density at radius 3 is 2.61 bits per heavy atom. The molecule has 2 N–H and O–H groups in total. The highest BCUT2D eigenvalue weighted by atomic mass is 32.1. The van der Waals surface area contributed by atoms with Crippen LogP contribution in [-0.2, 0) is 13.0 Å². The van der Waals surface area contributed by atoms with Gasteiger partial charge < -0.3 is 25.0 Å². The Bertz CT molecular complexity index is 1100. The number of carbonyl (C=O) groups is 2. The summed E-state index contributed by atoms with van der Waals surface area (Å²) in [6.45, 7) is 1.21. The number of rotatable bonds is 5. The fourth-order valence-corrected chi connectivity index (χ4v) is 4.24. The van der Waals surface area contributed by atoms with Gasteiger partial charge in [0, 0.05) is 24.8 Å². The Morgan fingerprint density at radius 2 is 1.87 bits per heavy atom. The summed E-state index contributed by atoms with van der Waals surface area (Å²) >= 11 is 1.45. The molecule has 0 saturated heterocycles. The maximum atomic E-state index is 12.7. The van der Waals surface area contributed by atoms with E-state index in [9.17, 15) is 9.59 Å². The third-order valence-corrected chi connectivity index (χ3v) is 6.01. The molecule has 2 aromatic carbocycles. The number of carbonyl (C=O) groups excluding carboxylic acids is 2. The highest BCUT2D eigenvalue weighted by molar-refractivity contribution is 7.12. The molecule has 1 aromatic heterocycles. The van der Waals surface area contributed by atoms with Gasteiger partial charge in [-0.15, -0.1) is 11.3 Å². The molecule has 0 fully saturated rings. The summed E-state index contributed by atoms with van der Waals surface area (Å²) in [4.78, 5) is 27.8. The minimum atomic E-state index is -0.384. The van der Waals surface area contributed by atoms with Gasteiger partial charge in [0.1, 0.15) is 11.5 Å². The van der Waals surface area contributed by atoms with Crippen LogP contribution in [0.2, 0.25) is 0 Å². The summed E-state index contributed by atoms with van der Waals surface area (Å²) in [6.07, 6.45) is 0.794. The molecule has 0 atom stereocenters. The van der Waals surface area contributed by atoms with Crippen molar-refractivity contribution in [1.29, 1.82) is 0 Å². The first-order chi connectivity index (χ1) is 15.1. The Balaban J connectivity index is 1.44. The third kappa shape index (κ3) is 4.64. The quantitative estimate of drug-likeness (QED) is 0.611. The molecule has 0 spiro atoms. The molecule has 0 aliphatic carbocycles. The van der Waals surface area contributed by atoms with Crippen LogP contribution in [0, 0.1) is 0 Å². The van der Waals surface area contributed by atoms with Crippen molar-refractivity contribution < 1.29 is 19.1 Å². The predicted octanol–water partition coefficient (Wildman–Crippen LogP) is 4.61. The Labute approximate surface area is 184 Å². The number of methoxy groups -OCH3 is 2. The van der Waals surface area contributed by atoms with Crippen molar-refractivity contribution in [3.8, 4) is 11.5 Å². The number of amides is 3. The second-order valence-corrected chi connectivity index (χ2v) is 8.03. The van der Waals surface area contributed by atoms with E-state index >= 15 is 0 Å². The second kappa shape index (κ2) is 9.09. The average Bonchev–Trinajstić information content (AvgIpc) is 3.33. The van der Waals surface area contributed by atoms with Gasteiger partial charge in [-0.05, 0) is 53.3 Å². The van der Waals surface area contributed by atoms with Crippen molar-refractivity contribution in [1.82, 2.24) is 4.90 Å².